The number of hydrogen-bond acceptors (Lipinski definition) is 7. The summed E-state index contributed by atoms with van der Waals surface area (Å²) in [4.78, 5) is 4.21. The Bertz CT molecular complexity index is 863. The van der Waals surface area contributed by atoms with Crippen molar-refractivity contribution in [3.8, 4) is 11.5 Å². The van der Waals surface area contributed by atoms with Gasteiger partial charge in [0, 0.05) is 19.3 Å². The molecule has 0 aliphatic rings. The number of aromatic nitrogens is 1. The van der Waals surface area contributed by atoms with E-state index in [-0.39, 0.29) is 10.6 Å². The number of nitrogens with one attached hydrogen (secondary N) is 1. The molecule has 0 saturated heterocycles. The van der Waals surface area contributed by atoms with E-state index in [1.54, 1.807) is 32.0 Å². The first-order valence-corrected chi connectivity index (χ1v) is 9.48. The Morgan fingerprint density at radius 3 is 2.54 bits per heavy atom. The van der Waals surface area contributed by atoms with Crippen molar-refractivity contribution in [1.82, 2.24) is 9.29 Å². The highest BCUT2D eigenvalue weighted by Gasteiger charge is 2.21. The zero-order chi connectivity index (χ0) is 19.2. The number of hydrogen-bond donors (Lipinski definition) is 2. The number of ether oxygens (including phenoxy) is 1. The molecule has 9 heteroatoms. The average Bonchev–Trinajstić information content (AvgIpc) is 2.63. The third-order valence-electron chi connectivity index (χ3n) is 3.68. The Morgan fingerprint density at radius 1 is 1.27 bits per heavy atom. The van der Waals surface area contributed by atoms with Crippen molar-refractivity contribution in [2.45, 2.75) is 18.7 Å². The van der Waals surface area contributed by atoms with Gasteiger partial charge in [-0.25, -0.2) is 13.4 Å². The summed E-state index contributed by atoms with van der Waals surface area (Å²) in [6.07, 6.45) is 2.80. The fraction of sp³-hybridized carbons (Fsp3) is 0.294. The van der Waals surface area contributed by atoms with Gasteiger partial charge in [-0.15, -0.1) is 0 Å². The summed E-state index contributed by atoms with van der Waals surface area (Å²) in [5.41, 5.74) is 3.38. The number of pyridine rings is 1. The van der Waals surface area contributed by atoms with Gasteiger partial charge in [0.05, 0.1) is 13.3 Å². The van der Waals surface area contributed by atoms with Crippen LogP contribution in [-0.4, -0.2) is 49.2 Å². The molecular weight excluding hydrogens is 356 g/mol. The predicted octanol–water partition coefficient (Wildman–Crippen LogP) is 2.27. The monoisotopic (exact) mass is 378 g/mol. The van der Waals surface area contributed by atoms with Crippen molar-refractivity contribution in [2.24, 2.45) is 5.10 Å². The summed E-state index contributed by atoms with van der Waals surface area (Å²) < 4.78 is 31.1. The molecule has 8 nitrogen and oxygen atoms in total. The lowest BCUT2D eigenvalue weighted by Crippen LogP contribution is -2.30. The SMILES string of the molecule is CCN(CC)S(=O)(=O)c1ccc(N/N=C/c2ccc(OC)c(O)c2)nc1. The van der Waals surface area contributed by atoms with E-state index < -0.39 is 10.0 Å². The molecule has 0 amide bonds. The number of rotatable bonds is 8. The number of aromatic hydroxyl groups is 1. The van der Waals surface area contributed by atoms with Gasteiger partial charge >= 0.3 is 0 Å². The van der Waals surface area contributed by atoms with Gasteiger partial charge in [-0.1, -0.05) is 13.8 Å². The van der Waals surface area contributed by atoms with Crippen LogP contribution in [0.3, 0.4) is 0 Å². The minimum Gasteiger partial charge on any atom is -0.504 e. The molecule has 0 unspecified atom stereocenters. The van der Waals surface area contributed by atoms with Crippen LogP contribution in [0.5, 0.6) is 11.5 Å². The number of hydrazone groups is 1. The summed E-state index contributed by atoms with van der Waals surface area (Å²) in [6.45, 7) is 4.38. The van der Waals surface area contributed by atoms with E-state index in [9.17, 15) is 13.5 Å². The highest BCUT2D eigenvalue weighted by atomic mass is 32.2. The Morgan fingerprint density at radius 2 is 2.00 bits per heavy atom. The van der Waals surface area contributed by atoms with Crippen LogP contribution in [0.1, 0.15) is 19.4 Å². The number of phenols is 1. The molecular formula is C17H22N4O4S. The van der Waals surface area contributed by atoms with Crippen LogP contribution in [0.2, 0.25) is 0 Å². The number of benzene rings is 1. The molecule has 1 heterocycles. The molecule has 0 aliphatic heterocycles. The summed E-state index contributed by atoms with van der Waals surface area (Å²) in [7, 11) is -2.06. The number of phenolic OH excluding ortho intramolecular Hbond substituents is 1. The van der Waals surface area contributed by atoms with Crippen LogP contribution >= 0.6 is 0 Å². The van der Waals surface area contributed by atoms with Crippen LogP contribution in [-0.2, 0) is 10.0 Å². The Kier molecular flexibility index (Phi) is 6.53. The van der Waals surface area contributed by atoms with Gasteiger partial charge in [-0.3, -0.25) is 5.43 Å². The van der Waals surface area contributed by atoms with Crippen molar-refractivity contribution in [3.63, 3.8) is 0 Å². The Hall–Kier alpha value is -2.65. The van der Waals surface area contributed by atoms with Crippen molar-refractivity contribution >= 4 is 22.1 Å². The lowest BCUT2D eigenvalue weighted by Gasteiger charge is -2.18. The normalized spacial score (nSPS) is 11.8. The van der Waals surface area contributed by atoms with Crippen molar-refractivity contribution < 1.29 is 18.3 Å². The van der Waals surface area contributed by atoms with Gasteiger partial charge in [0.25, 0.3) is 0 Å². The Balaban J connectivity index is 2.07. The van der Waals surface area contributed by atoms with Crippen molar-refractivity contribution in [2.75, 3.05) is 25.6 Å². The van der Waals surface area contributed by atoms with Gasteiger partial charge in [-0.2, -0.15) is 9.41 Å². The largest absolute Gasteiger partial charge is 0.504 e. The second-order valence-electron chi connectivity index (χ2n) is 5.27. The molecule has 2 N–H and O–H groups in total. The minimum absolute atomic E-state index is 0.0144. The first-order valence-electron chi connectivity index (χ1n) is 8.04. The zero-order valence-electron chi connectivity index (χ0n) is 14.9. The van der Waals surface area contributed by atoms with Crippen LogP contribution in [0.4, 0.5) is 5.82 Å². The van der Waals surface area contributed by atoms with Crippen LogP contribution in [0, 0.1) is 0 Å². The molecule has 0 spiro atoms. The van der Waals surface area contributed by atoms with E-state index in [0.29, 0.717) is 30.2 Å². The number of sulfonamides is 1. The van der Waals surface area contributed by atoms with E-state index in [2.05, 4.69) is 15.5 Å². The van der Waals surface area contributed by atoms with Gasteiger partial charge in [-0.05, 0) is 35.9 Å². The molecule has 0 radical (unpaired) electrons. The standard InChI is InChI=1S/C17H22N4O4S/c1-4-21(5-2)26(23,24)14-7-9-17(18-12-14)20-19-11-13-6-8-16(25-3)15(22)10-13/h6-12,22H,4-5H2,1-3H3,(H,18,20)/b19-11+. The fourth-order valence-corrected chi connectivity index (χ4v) is 3.68. The third kappa shape index (κ3) is 4.50. The third-order valence-corrected chi connectivity index (χ3v) is 5.71. The van der Waals surface area contributed by atoms with Crippen molar-refractivity contribution in [3.05, 3.63) is 42.1 Å². The maximum absolute atomic E-state index is 12.4. The summed E-state index contributed by atoms with van der Waals surface area (Å²) in [6, 6.07) is 7.90. The highest BCUT2D eigenvalue weighted by Crippen LogP contribution is 2.25. The molecule has 0 atom stereocenters. The molecule has 26 heavy (non-hydrogen) atoms. The molecule has 0 bridgehead atoms. The predicted molar refractivity (Wildman–Crippen MR) is 100 cm³/mol. The first-order chi connectivity index (χ1) is 12.4. The molecule has 0 fully saturated rings. The van der Waals surface area contributed by atoms with E-state index in [1.807, 2.05) is 0 Å². The van der Waals surface area contributed by atoms with E-state index in [4.69, 9.17) is 4.74 Å². The average molecular weight is 378 g/mol. The lowest BCUT2D eigenvalue weighted by atomic mass is 10.2. The van der Waals surface area contributed by atoms with Crippen molar-refractivity contribution in [1.29, 1.82) is 0 Å². The van der Waals surface area contributed by atoms with Gasteiger partial charge in [0.15, 0.2) is 11.5 Å². The number of nitrogens with zero attached hydrogens (tertiary/aromatic N) is 3. The molecule has 2 rings (SSSR count). The second kappa shape index (κ2) is 8.63. The molecule has 1 aromatic carbocycles. The maximum atomic E-state index is 12.4. The number of anilines is 1. The van der Waals surface area contributed by atoms with Gasteiger partial charge in [0.1, 0.15) is 10.7 Å². The van der Waals surface area contributed by atoms with E-state index in [0.717, 1.165) is 0 Å². The molecule has 0 aliphatic carbocycles. The summed E-state index contributed by atoms with van der Waals surface area (Å²) in [5.74, 6) is 0.791. The van der Waals surface area contributed by atoms with Crippen LogP contribution in [0.25, 0.3) is 0 Å². The fourth-order valence-electron chi connectivity index (χ4n) is 2.27. The lowest BCUT2D eigenvalue weighted by molar-refractivity contribution is 0.373. The smallest absolute Gasteiger partial charge is 0.244 e. The topological polar surface area (TPSA) is 104 Å². The summed E-state index contributed by atoms with van der Waals surface area (Å²) >= 11 is 0. The molecule has 0 saturated carbocycles. The second-order valence-corrected chi connectivity index (χ2v) is 7.21. The number of methoxy groups -OCH3 is 1. The Labute approximate surface area is 153 Å². The van der Waals surface area contributed by atoms with Gasteiger partial charge < -0.3 is 9.84 Å². The van der Waals surface area contributed by atoms with E-state index >= 15 is 0 Å². The maximum Gasteiger partial charge on any atom is 0.244 e. The first kappa shape index (κ1) is 19.7. The highest BCUT2D eigenvalue weighted by molar-refractivity contribution is 7.89. The zero-order valence-corrected chi connectivity index (χ0v) is 15.7. The van der Waals surface area contributed by atoms with Gasteiger partial charge in [0.2, 0.25) is 10.0 Å². The van der Waals surface area contributed by atoms with Crippen LogP contribution in [0.15, 0.2) is 46.5 Å². The van der Waals surface area contributed by atoms with Crippen LogP contribution < -0.4 is 10.2 Å². The molecule has 1 aromatic heterocycles. The molecule has 140 valence electrons. The van der Waals surface area contributed by atoms with E-state index in [1.165, 1.54) is 36.0 Å². The molecule has 2 aromatic rings. The minimum atomic E-state index is -3.53. The summed E-state index contributed by atoms with van der Waals surface area (Å²) in [5, 5.41) is 13.7. The quantitative estimate of drug-likeness (QED) is 0.539.